The fraction of sp³-hybridized carbons (Fsp3) is 0.286. The van der Waals surface area contributed by atoms with Gasteiger partial charge in [0.05, 0.1) is 16.7 Å². The highest BCUT2D eigenvalue weighted by molar-refractivity contribution is 5.92. The van der Waals surface area contributed by atoms with Gasteiger partial charge >= 0.3 is 6.18 Å². The van der Waals surface area contributed by atoms with Crippen LogP contribution in [0.1, 0.15) is 17.8 Å². The second-order valence-electron chi connectivity index (χ2n) is 5.15. The third kappa shape index (κ3) is 4.46. The maximum Gasteiger partial charge on any atom is 0.435 e. The van der Waals surface area contributed by atoms with Crippen molar-refractivity contribution in [3.8, 4) is 5.75 Å². The first-order chi connectivity index (χ1) is 11.6. The van der Waals surface area contributed by atoms with Gasteiger partial charge in [-0.1, -0.05) is 0 Å². The van der Waals surface area contributed by atoms with Gasteiger partial charge in [0.25, 0.3) is 5.69 Å². The highest BCUT2D eigenvalue weighted by Gasteiger charge is 2.34. The zero-order valence-electron chi connectivity index (χ0n) is 12.9. The fourth-order valence-corrected chi connectivity index (χ4v) is 2.03. The molecule has 2 N–H and O–H groups in total. The SMILES string of the molecule is Cc1cc(C(F)(F)F)nn1CCC(=O)Nc1ccc([N+](=O)[O-])cc1O. The zero-order valence-corrected chi connectivity index (χ0v) is 12.9. The lowest BCUT2D eigenvalue weighted by Gasteiger charge is -2.08. The Morgan fingerprint density at radius 3 is 2.60 bits per heavy atom. The summed E-state index contributed by atoms with van der Waals surface area (Å²) in [7, 11) is 0. The van der Waals surface area contributed by atoms with E-state index in [0.29, 0.717) is 0 Å². The molecule has 1 amide bonds. The Balaban J connectivity index is 2.00. The number of phenols is 1. The summed E-state index contributed by atoms with van der Waals surface area (Å²) in [6.07, 6.45) is -4.76. The largest absolute Gasteiger partial charge is 0.506 e. The molecule has 0 aliphatic rings. The van der Waals surface area contributed by atoms with E-state index < -0.39 is 28.5 Å². The van der Waals surface area contributed by atoms with Crippen LogP contribution in [0.5, 0.6) is 5.75 Å². The number of nitrogens with zero attached hydrogens (tertiary/aromatic N) is 3. The van der Waals surface area contributed by atoms with Crippen LogP contribution in [0, 0.1) is 17.0 Å². The number of nitrogens with one attached hydrogen (secondary N) is 1. The van der Waals surface area contributed by atoms with Gasteiger partial charge in [0, 0.05) is 24.7 Å². The predicted octanol–water partition coefficient (Wildman–Crippen LogP) is 2.85. The van der Waals surface area contributed by atoms with Crippen molar-refractivity contribution in [3.63, 3.8) is 0 Å². The topological polar surface area (TPSA) is 110 Å². The van der Waals surface area contributed by atoms with Crippen molar-refractivity contribution in [1.29, 1.82) is 0 Å². The number of aromatic nitrogens is 2. The van der Waals surface area contributed by atoms with Crippen molar-refractivity contribution >= 4 is 17.3 Å². The van der Waals surface area contributed by atoms with E-state index in [9.17, 15) is 33.2 Å². The first-order valence-electron chi connectivity index (χ1n) is 6.97. The molecule has 8 nitrogen and oxygen atoms in total. The highest BCUT2D eigenvalue weighted by Crippen LogP contribution is 2.29. The number of aromatic hydroxyl groups is 1. The highest BCUT2D eigenvalue weighted by atomic mass is 19.4. The van der Waals surface area contributed by atoms with E-state index in [0.717, 1.165) is 28.9 Å². The van der Waals surface area contributed by atoms with Crippen molar-refractivity contribution in [2.24, 2.45) is 0 Å². The van der Waals surface area contributed by atoms with Gasteiger partial charge in [0.2, 0.25) is 5.91 Å². The molecule has 0 saturated carbocycles. The first kappa shape index (κ1) is 18.2. The number of nitro benzene ring substituents is 1. The second-order valence-corrected chi connectivity index (χ2v) is 5.15. The quantitative estimate of drug-likeness (QED) is 0.485. The molecule has 2 aromatic rings. The molecule has 11 heteroatoms. The van der Waals surface area contributed by atoms with Gasteiger partial charge in [-0.2, -0.15) is 18.3 Å². The fourth-order valence-electron chi connectivity index (χ4n) is 2.03. The van der Waals surface area contributed by atoms with Gasteiger partial charge in [-0.3, -0.25) is 19.6 Å². The number of nitro groups is 1. The van der Waals surface area contributed by atoms with Crippen LogP contribution in [0.2, 0.25) is 0 Å². The minimum Gasteiger partial charge on any atom is -0.506 e. The number of carbonyl (C=O) groups excluding carboxylic acids is 1. The lowest BCUT2D eigenvalue weighted by atomic mass is 10.2. The van der Waals surface area contributed by atoms with Crippen molar-refractivity contribution in [2.45, 2.75) is 26.1 Å². The molecule has 0 fully saturated rings. The van der Waals surface area contributed by atoms with Crippen LogP contribution in [0.15, 0.2) is 24.3 Å². The Kier molecular flexibility index (Phi) is 4.95. The van der Waals surface area contributed by atoms with Crippen LogP contribution in [-0.4, -0.2) is 25.7 Å². The van der Waals surface area contributed by atoms with Crippen LogP contribution in [0.25, 0.3) is 0 Å². The zero-order chi connectivity index (χ0) is 18.8. The normalized spacial score (nSPS) is 11.4. The van der Waals surface area contributed by atoms with Gasteiger partial charge in [-0.05, 0) is 19.1 Å². The number of halogens is 3. The van der Waals surface area contributed by atoms with Crippen molar-refractivity contribution in [1.82, 2.24) is 9.78 Å². The standard InChI is InChI=1S/C14H13F3N4O4/c1-8-6-12(14(15,16)17)19-20(8)5-4-13(23)18-10-3-2-9(21(24)25)7-11(10)22/h2-3,6-7,22H,4-5H2,1H3,(H,18,23). The summed E-state index contributed by atoms with van der Waals surface area (Å²) in [4.78, 5) is 21.7. The average molecular weight is 358 g/mol. The lowest BCUT2D eigenvalue weighted by molar-refractivity contribution is -0.384. The van der Waals surface area contributed by atoms with Crippen molar-refractivity contribution in [2.75, 3.05) is 5.32 Å². The Hall–Kier alpha value is -3.11. The number of anilines is 1. The van der Waals surface area contributed by atoms with Crippen molar-refractivity contribution in [3.05, 3.63) is 45.8 Å². The Morgan fingerprint density at radius 1 is 1.40 bits per heavy atom. The van der Waals surface area contributed by atoms with Gasteiger partial charge in [-0.15, -0.1) is 0 Å². The Labute approximate surface area is 139 Å². The van der Waals surface area contributed by atoms with Gasteiger partial charge in [-0.25, -0.2) is 0 Å². The third-order valence-electron chi connectivity index (χ3n) is 3.29. The lowest BCUT2D eigenvalue weighted by Crippen LogP contribution is -2.16. The number of non-ortho nitro benzene ring substituents is 1. The van der Waals surface area contributed by atoms with Gasteiger partial charge in [0.1, 0.15) is 5.75 Å². The summed E-state index contributed by atoms with van der Waals surface area (Å²) in [6.45, 7) is 1.34. The van der Waals surface area contributed by atoms with E-state index in [1.165, 1.54) is 6.92 Å². The Bertz CT molecular complexity index is 817. The number of rotatable bonds is 5. The van der Waals surface area contributed by atoms with Gasteiger partial charge in [0.15, 0.2) is 5.69 Å². The summed E-state index contributed by atoms with van der Waals surface area (Å²) >= 11 is 0. The number of aryl methyl sites for hydroxylation is 2. The number of amides is 1. The van der Waals surface area contributed by atoms with E-state index in [4.69, 9.17) is 0 Å². The Morgan fingerprint density at radius 2 is 2.08 bits per heavy atom. The molecule has 0 unspecified atom stereocenters. The summed E-state index contributed by atoms with van der Waals surface area (Å²) < 4.78 is 38.8. The number of phenolic OH excluding ortho intramolecular Hbond substituents is 1. The van der Waals surface area contributed by atoms with E-state index in [1.807, 2.05) is 0 Å². The second kappa shape index (κ2) is 6.79. The van der Waals surface area contributed by atoms with Crippen LogP contribution in [-0.2, 0) is 17.5 Å². The molecule has 2 rings (SSSR count). The third-order valence-corrected chi connectivity index (χ3v) is 3.29. The molecular formula is C14H13F3N4O4. The molecule has 0 aliphatic carbocycles. The van der Waals surface area contributed by atoms with Crippen molar-refractivity contribution < 1.29 is 28.0 Å². The average Bonchev–Trinajstić information content (AvgIpc) is 2.88. The number of alkyl halides is 3. The van der Waals surface area contributed by atoms with E-state index >= 15 is 0 Å². The molecule has 1 aromatic heterocycles. The minimum absolute atomic E-state index is 0.0382. The number of hydrogen-bond acceptors (Lipinski definition) is 5. The van der Waals surface area contributed by atoms with Crippen LogP contribution in [0.3, 0.4) is 0 Å². The van der Waals surface area contributed by atoms with Crippen LogP contribution >= 0.6 is 0 Å². The number of hydrogen-bond donors (Lipinski definition) is 2. The molecule has 0 bridgehead atoms. The number of benzene rings is 1. The molecule has 25 heavy (non-hydrogen) atoms. The summed E-state index contributed by atoms with van der Waals surface area (Å²) in [5.74, 6) is -1.08. The van der Waals surface area contributed by atoms with E-state index in [1.54, 1.807) is 0 Å². The molecular weight excluding hydrogens is 345 g/mol. The molecule has 1 heterocycles. The summed E-state index contributed by atoms with van der Waals surface area (Å²) in [5, 5.41) is 25.9. The van der Waals surface area contributed by atoms with Crippen LogP contribution in [0.4, 0.5) is 24.5 Å². The predicted molar refractivity (Wildman–Crippen MR) is 80.0 cm³/mol. The maximum absolute atomic E-state index is 12.6. The molecule has 0 saturated heterocycles. The summed E-state index contributed by atoms with van der Waals surface area (Å²) in [5.41, 5.74) is -1.18. The molecule has 134 valence electrons. The minimum atomic E-state index is -4.57. The molecule has 0 aliphatic heterocycles. The molecule has 1 aromatic carbocycles. The molecule has 0 radical (unpaired) electrons. The van der Waals surface area contributed by atoms with E-state index in [-0.39, 0.29) is 30.0 Å². The van der Waals surface area contributed by atoms with E-state index in [2.05, 4.69) is 10.4 Å². The number of carbonyl (C=O) groups is 1. The van der Waals surface area contributed by atoms with Crippen LogP contribution < -0.4 is 5.32 Å². The molecule has 0 atom stereocenters. The first-order valence-corrected chi connectivity index (χ1v) is 6.97. The molecule has 0 spiro atoms. The monoisotopic (exact) mass is 358 g/mol. The van der Waals surface area contributed by atoms with Gasteiger partial charge < -0.3 is 10.4 Å². The summed E-state index contributed by atoms with van der Waals surface area (Å²) in [6, 6.07) is 4.01. The maximum atomic E-state index is 12.6. The smallest absolute Gasteiger partial charge is 0.435 e.